The van der Waals surface area contributed by atoms with Crippen LogP contribution in [0.4, 0.5) is 0 Å². The van der Waals surface area contributed by atoms with E-state index in [1.165, 1.54) is 0 Å². The third-order valence-electron chi connectivity index (χ3n) is 4.44. The molecule has 0 aliphatic heterocycles. The molecule has 2 N–H and O–H groups in total. The van der Waals surface area contributed by atoms with Gasteiger partial charge in [-0.3, -0.25) is 14.6 Å². The Morgan fingerprint density at radius 2 is 2.12 bits per heavy atom. The molecule has 1 aromatic heterocycles. The van der Waals surface area contributed by atoms with E-state index in [1.807, 2.05) is 31.2 Å². The Morgan fingerprint density at radius 1 is 1.36 bits per heavy atom. The minimum atomic E-state index is -0.865. The first-order valence-corrected chi connectivity index (χ1v) is 8.49. The number of rotatable bonds is 7. The third-order valence-corrected chi connectivity index (χ3v) is 4.44. The minimum Gasteiger partial charge on any atom is -0.497 e. The van der Waals surface area contributed by atoms with Gasteiger partial charge in [0.2, 0.25) is 0 Å². The first kappa shape index (κ1) is 17.2. The number of nitrogens with one attached hydrogen (secondary N) is 1. The zero-order chi connectivity index (χ0) is 18.0. The molecule has 6 heteroatoms. The number of benzene rings is 1. The summed E-state index contributed by atoms with van der Waals surface area (Å²) in [5.74, 6) is 0.0283. The number of hydrogen-bond acceptors (Lipinski definition) is 4. The molecule has 1 unspecified atom stereocenters. The van der Waals surface area contributed by atoms with Crippen molar-refractivity contribution in [3.05, 3.63) is 35.5 Å². The SMILES string of the molecule is COc1ccc2nc(C3CC3)cc(C(=O)NC(C)CCC(=O)O)c2c1. The van der Waals surface area contributed by atoms with Crippen molar-refractivity contribution in [1.82, 2.24) is 10.3 Å². The molecular formula is C19H22N2O4. The molecule has 1 atom stereocenters. The Morgan fingerprint density at radius 3 is 2.76 bits per heavy atom. The van der Waals surface area contributed by atoms with Crippen LogP contribution in [0.2, 0.25) is 0 Å². The molecule has 1 aliphatic carbocycles. The van der Waals surface area contributed by atoms with Crippen LogP contribution in [0.15, 0.2) is 24.3 Å². The van der Waals surface area contributed by atoms with E-state index in [4.69, 9.17) is 9.84 Å². The van der Waals surface area contributed by atoms with E-state index in [9.17, 15) is 9.59 Å². The quantitative estimate of drug-likeness (QED) is 0.807. The monoisotopic (exact) mass is 342 g/mol. The fourth-order valence-electron chi connectivity index (χ4n) is 2.84. The fraction of sp³-hybridized carbons (Fsp3) is 0.421. The number of amides is 1. The highest BCUT2D eigenvalue weighted by Crippen LogP contribution is 2.40. The summed E-state index contributed by atoms with van der Waals surface area (Å²) in [6.07, 6.45) is 2.62. The van der Waals surface area contributed by atoms with Gasteiger partial charge in [0.05, 0.1) is 18.2 Å². The van der Waals surface area contributed by atoms with E-state index in [-0.39, 0.29) is 18.4 Å². The Hall–Kier alpha value is -2.63. The predicted molar refractivity (Wildman–Crippen MR) is 94.1 cm³/mol. The first-order chi connectivity index (χ1) is 12.0. The van der Waals surface area contributed by atoms with Crippen LogP contribution in [0.5, 0.6) is 5.75 Å². The summed E-state index contributed by atoms with van der Waals surface area (Å²) in [6, 6.07) is 7.16. The predicted octanol–water partition coefficient (Wildman–Crippen LogP) is 3.10. The number of carbonyl (C=O) groups is 2. The molecule has 1 saturated carbocycles. The van der Waals surface area contributed by atoms with Gasteiger partial charge >= 0.3 is 5.97 Å². The second-order valence-corrected chi connectivity index (χ2v) is 6.56. The molecule has 6 nitrogen and oxygen atoms in total. The Labute approximate surface area is 146 Å². The van der Waals surface area contributed by atoms with Crippen LogP contribution >= 0.6 is 0 Å². The average molecular weight is 342 g/mol. The number of hydrogen-bond donors (Lipinski definition) is 2. The van der Waals surface area contributed by atoms with Crippen molar-refractivity contribution >= 4 is 22.8 Å². The number of carboxylic acid groups (broad SMARTS) is 1. The van der Waals surface area contributed by atoms with Gasteiger partial charge in [0.25, 0.3) is 5.91 Å². The summed E-state index contributed by atoms with van der Waals surface area (Å²) in [7, 11) is 1.58. The number of carboxylic acids is 1. The lowest BCUT2D eigenvalue weighted by Crippen LogP contribution is -2.33. The molecule has 132 valence electrons. The van der Waals surface area contributed by atoms with Crippen molar-refractivity contribution in [1.29, 1.82) is 0 Å². The Balaban J connectivity index is 1.91. The number of carbonyl (C=O) groups excluding carboxylic acids is 1. The summed E-state index contributed by atoms with van der Waals surface area (Å²) in [5.41, 5.74) is 2.28. The van der Waals surface area contributed by atoms with Crippen LogP contribution in [0.25, 0.3) is 10.9 Å². The molecule has 1 amide bonds. The number of nitrogens with zero attached hydrogens (tertiary/aromatic N) is 1. The van der Waals surface area contributed by atoms with Gasteiger partial charge < -0.3 is 15.2 Å². The van der Waals surface area contributed by atoms with Crippen molar-refractivity contribution in [2.24, 2.45) is 0 Å². The topological polar surface area (TPSA) is 88.5 Å². The second kappa shape index (κ2) is 7.09. The number of ether oxygens (including phenoxy) is 1. The van der Waals surface area contributed by atoms with Crippen LogP contribution in [-0.4, -0.2) is 35.1 Å². The standard InChI is InChI=1S/C19H22N2O4/c1-11(3-8-18(22)23)20-19(24)15-10-17(12-4-5-12)21-16-7-6-13(25-2)9-14(15)16/h6-7,9-12H,3-5,8H2,1-2H3,(H,20,24)(H,22,23). The number of aliphatic carboxylic acids is 1. The van der Waals surface area contributed by atoms with E-state index in [2.05, 4.69) is 10.3 Å². The number of pyridine rings is 1. The van der Waals surface area contributed by atoms with E-state index < -0.39 is 5.97 Å². The van der Waals surface area contributed by atoms with Gasteiger partial charge in [-0.1, -0.05) is 0 Å². The second-order valence-electron chi connectivity index (χ2n) is 6.56. The Kier molecular flexibility index (Phi) is 4.88. The maximum atomic E-state index is 12.8. The van der Waals surface area contributed by atoms with Crippen molar-refractivity contribution in [3.63, 3.8) is 0 Å². The van der Waals surface area contributed by atoms with Crippen LogP contribution in [0.3, 0.4) is 0 Å². The molecule has 1 aromatic carbocycles. The molecule has 0 spiro atoms. The summed E-state index contributed by atoms with van der Waals surface area (Å²) < 4.78 is 5.27. The summed E-state index contributed by atoms with van der Waals surface area (Å²) in [6.45, 7) is 1.81. The highest BCUT2D eigenvalue weighted by Gasteiger charge is 2.27. The summed E-state index contributed by atoms with van der Waals surface area (Å²) in [5, 5.41) is 12.4. The maximum Gasteiger partial charge on any atom is 0.303 e. The summed E-state index contributed by atoms with van der Waals surface area (Å²) >= 11 is 0. The van der Waals surface area contributed by atoms with Crippen LogP contribution in [0.1, 0.15) is 54.6 Å². The summed E-state index contributed by atoms with van der Waals surface area (Å²) in [4.78, 5) is 28.2. The molecule has 1 fully saturated rings. The molecule has 0 radical (unpaired) electrons. The molecule has 1 aliphatic rings. The van der Waals surface area contributed by atoms with Crippen LogP contribution < -0.4 is 10.1 Å². The Bertz CT molecular complexity index is 814. The average Bonchev–Trinajstić information content (AvgIpc) is 3.43. The lowest BCUT2D eigenvalue weighted by atomic mass is 10.0. The van der Waals surface area contributed by atoms with E-state index in [0.29, 0.717) is 23.7 Å². The van der Waals surface area contributed by atoms with E-state index >= 15 is 0 Å². The fourth-order valence-corrected chi connectivity index (χ4v) is 2.84. The minimum absolute atomic E-state index is 0.0275. The third kappa shape index (κ3) is 4.07. The van der Waals surface area contributed by atoms with Gasteiger partial charge in [0.15, 0.2) is 0 Å². The van der Waals surface area contributed by atoms with Gasteiger partial charge in [-0.25, -0.2) is 0 Å². The maximum absolute atomic E-state index is 12.8. The zero-order valence-corrected chi connectivity index (χ0v) is 14.4. The number of fused-ring (bicyclic) bond motifs is 1. The number of methoxy groups -OCH3 is 1. The normalized spacial score (nSPS) is 15.0. The smallest absolute Gasteiger partial charge is 0.303 e. The first-order valence-electron chi connectivity index (χ1n) is 8.49. The van der Waals surface area contributed by atoms with Gasteiger partial charge in [-0.05, 0) is 50.5 Å². The number of aromatic nitrogens is 1. The molecular weight excluding hydrogens is 320 g/mol. The van der Waals surface area contributed by atoms with Gasteiger partial charge in [-0.15, -0.1) is 0 Å². The molecule has 2 aromatic rings. The molecule has 0 saturated heterocycles. The van der Waals surface area contributed by atoms with Crippen LogP contribution in [-0.2, 0) is 4.79 Å². The molecule has 1 heterocycles. The molecule has 3 rings (SSSR count). The molecule has 0 bridgehead atoms. The van der Waals surface area contributed by atoms with Gasteiger partial charge in [0.1, 0.15) is 5.75 Å². The van der Waals surface area contributed by atoms with Gasteiger partial charge in [0, 0.05) is 29.5 Å². The van der Waals surface area contributed by atoms with E-state index in [0.717, 1.165) is 29.4 Å². The van der Waals surface area contributed by atoms with Crippen molar-refractivity contribution < 1.29 is 19.4 Å². The molecule has 25 heavy (non-hydrogen) atoms. The zero-order valence-electron chi connectivity index (χ0n) is 14.4. The van der Waals surface area contributed by atoms with E-state index in [1.54, 1.807) is 7.11 Å². The van der Waals surface area contributed by atoms with Crippen molar-refractivity contribution in [2.45, 2.75) is 44.6 Å². The highest BCUT2D eigenvalue weighted by molar-refractivity contribution is 6.06. The lowest BCUT2D eigenvalue weighted by Gasteiger charge is -2.15. The van der Waals surface area contributed by atoms with Crippen molar-refractivity contribution in [3.8, 4) is 5.75 Å². The van der Waals surface area contributed by atoms with Gasteiger partial charge in [-0.2, -0.15) is 0 Å². The van der Waals surface area contributed by atoms with Crippen LogP contribution in [0, 0.1) is 0 Å². The largest absolute Gasteiger partial charge is 0.497 e. The lowest BCUT2D eigenvalue weighted by molar-refractivity contribution is -0.137. The van der Waals surface area contributed by atoms with Crippen molar-refractivity contribution in [2.75, 3.05) is 7.11 Å². The highest BCUT2D eigenvalue weighted by atomic mass is 16.5.